The van der Waals surface area contributed by atoms with Crippen molar-refractivity contribution in [3.63, 3.8) is 0 Å². The van der Waals surface area contributed by atoms with E-state index in [9.17, 15) is 4.79 Å². The van der Waals surface area contributed by atoms with Gasteiger partial charge in [0.2, 0.25) is 0 Å². The molecule has 2 aromatic rings. The molecule has 1 heterocycles. The Labute approximate surface area is 240 Å². The molecule has 2 saturated carbocycles. The zero-order valence-corrected chi connectivity index (χ0v) is 25.7. The summed E-state index contributed by atoms with van der Waals surface area (Å²) < 4.78 is 19.4. The van der Waals surface area contributed by atoms with Crippen molar-refractivity contribution in [1.82, 2.24) is 0 Å². The van der Waals surface area contributed by atoms with E-state index in [1.807, 2.05) is 24.3 Å². The first-order chi connectivity index (χ1) is 18.7. The molecule has 0 spiro atoms. The summed E-state index contributed by atoms with van der Waals surface area (Å²) in [6, 6.07) is 18.8. The van der Waals surface area contributed by atoms with Gasteiger partial charge in [0.25, 0.3) is 0 Å². The molecule has 0 radical (unpaired) electrons. The van der Waals surface area contributed by atoms with Gasteiger partial charge in [-0.1, -0.05) is 0 Å². The fraction of sp³-hybridized carbons (Fsp3) is 0.559. The maximum absolute atomic E-state index is 14.4. The summed E-state index contributed by atoms with van der Waals surface area (Å²) in [5.41, 5.74) is 3.92. The van der Waals surface area contributed by atoms with Gasteiger partial charge in [-0.2, -0.15) is 0 Å². The average molecular weight is 594 g/mol. The predicted octanol–water partition coefficient (Wildman–Crippen LogP) is 6.83. The Balaban J connectivity index is 1.40. The second-order valence-electron chi connectivity index (χ2n) is 13.0. The summed E-state index contributed by atoms with van der Waals surface area (Å²) in [7, 11) is 1.68. The second-order valence-corrected chi connectivity index (χ2v) is 15.8. The van der Waals surface area contributed by atoms with Crippen LogP contribution < -0.4 is 9.20 Å². The van der Waals surface area contributed by atoms with Crippen molar-refractivity contribution in [2.75, 3.05) is 13.7 Å². The van der Waals surface area contributed by atoms with Crippen molar-refractivity contribution < 1.29 is 19.0 Å². The zero-order valence-electron chi connectivity index (χ0n) is 24.0. The van der Waals surface area contributed by atoms with Gasteiger partial charge in [0, 0.05) is 0 Å². The monoisotopic (exact) mass is 594 g/mol. The molecule has 4 aliphatic rings. The van der Waals surface area contributed by atoms with Gasteiger partial charge < -0.3 is 0 Å². The molecule has 39 heavy (non-hydrogen) atoms. The number of methoxy groups -OCH3 is 1. The summed E-state index contributed by atoms with van der Waals surface area (Å²) >= 11 is 0.0531. The number of carbonyl (C=O) groups is 1. The number of rotatable bonds is 5. The van der Waals surface area contributed by atoms with E-state index < -0.39 is 0 Å². The van der Waals surface area contributed by atoms with Crippen LogP contribution in [0.25, 0.3) is 0 Å². The second kappa shape index (κ2) is 10.2. The topological polar surface area (TPSA) is 44.8 Å². The molecule has 0 bridgehead atoms. The maximum atomic E-state index is 14.4. The fourth-order valence-corrected chi connectivity index (χ4v) is 11.5. The van der Waals surface area contributed by atoms with Gasteiger partial charge in [-0.05, 0) is 0 Å². The van der Waals surface area contributed by atoms with Gasteiger partial charge in [-0.25, -0.2) is 0 Å². The number of ether oxygens (including phenoxy) is 3. The Morgan fingerprint density at radius 1 is 1.00 bits per heavy atom. The zero-order chi connectivity index (χ0) is 27.4. The number of allylic oxidation sites excluding steroid dienone is 1. The van der Waals surface area contributed by atoms with Crippen molar-refractivity contribution in [2.45, 2.75) is 82.9 Å². The van der Waals surface area contributed by atoms with E-state index in [4.69, 9.17) is 14.2 Å². The molecular formula is C34H42O4Se. The van der Waals surface area contributed by atoms with Crippen LogP contribution in [0.2, 0.25) is 4.31 Å². The third-order valence-electron chi connectivity index (χ3n) is 10.6. The first kappa shape index (κ1) is 27.3. The number of Topliss-reactive ketones (excluding diaryl/α,β-unsaturated/α-hetero) is 1. The molecule has 6 atom stereocenters. The SMILES string of the molecule is COc1ccc(C2OCC3=C4CC5([Se]c6ccccc6)C(=O)C[C@H](C(C)C)[C@@]5(C)CC[C@]4(C)CC[C@@H]3O2)cc1. The Morgan fingerprint density at radius 3 is 2.44 bits per heavy atom. The Kier molecular flexibility index (Phi) is 7.11. The fourth-order valence-electron chi connectivity index (χ4n) is 8.13. The Hall–Kier alpha value is -1.91. The van der Waals surface area contributed by atoms with Crippen LogP contribution >= 0.6 is 0 Å². The molecule has 2 unspecified atom stereocenters. The molecular weight excluding hydrogens is 551 g/mol. The van der Waals surface area contributed by atoms with E-state index in [2.05, 4.69) is 58.0 Å². The van der Waals surface area contributed by atoms with Crippen molar-refractivity contribution in [2.24, 2.45) is 22.7 Å². The predicted molar refractivity (Wildman–Crippen MR) is 155 cm³/mol. The molecule has 0 amide bonds. The van der Waals surface area contributed by atoms with Gasteiger partial charge in [0.05, 0.1) is 7.11 Å². The quantitative estimate of drug-likeness (QED) is 0.282. The standard InChI is InChI=1S/C34H42O4Se/c1-22(2)27-19-30(35)34(39-25-9-7-6-8-10-25)20-28-26-21-37-31(23-11-13-24(36-5)14-12-23)38-29(26)15-16-32(28,3)17-18-33(27,34)4/h6-14,22,27,29,31H,15-21H2,1-5H3/t27-,29+,31?,32+,33-,34?/m1/s1. The van der Waals surface area contributed by atoms with E-state index in [0.717, 1.165) is 49.8 Å². The molecule has 5 heteroatoms. The first-order valence-corrected chi connectivity index (χ1v) is 16.3. The molecule has 2 aromatic carbocycles. The molecule has 0 aromatic heterocycles. The van der Waals surface area contributed by atoms with E-state index in [1.165, 1.54) is 15.6 Å². The van der Waals surface area contributed by atoms with Crippen LogP contribution in [-0.4, -0.2) is 40.6 Å². The molecule has 1 saturated heterocycles. The van der Waals surface area contributed by atoms with Crippen LogP contribution in [0.4, 0.5) is 0 Å². The van der Waals surface area contributed by atoms with Gasteiger partial charge in [0.1, 0.15) is 0 Å². The van der Waals surface area contributed by atoms with Crippen molar-refractivity contribution >= 4 is 25.2 Å². The first-order valence-electron chi connectivity index (χ1n) is 14.6. The van der Waals surface area contributed by atoms with Crippen LogP contribution in [0, 0.1) is 22.7 Å². The van der Waals surface area contributed by atoms with Crippen molar-refractivity contribution in [1.29, 1.82) is 0 Å². The van der Waals surface area contributed by atoms with Crippen LogP contribution in [0.3, 0.4) is 0 Å². The minimum absolute atomic E-state index is 0.000487. The summed E-state index contributed by atoms with van der Waals surface area (Å²) in [6.07, 6.45) is 5.64. The van der Waals surface area contributed by atoms with E-state index in [0.29, 0.717) is 24.2 Å². The van der Waals surface area contributed by atoms with E-state index in [1.54, 1.807) is 7.11 Å². The Bertz CT molecular complexity index is 1250. The van der Waals surface area contributed by atoms with Crippen LogP contribution in [-0.2, 0) is 14.3 Å². The number of benzene rings is 2. The molecule has 6 rings (SSSR count). The van der Waals surface area contributed by atoms with Gasteiger partial charge in [-0.15, -0.1) is 0 Å². The van der Waals surface area contributed by atoms with Crippen molar-refractivity contribution in [3.05, 3.63) is 71.3 Å². The molecule has 0 N–H and O–H groups in total. The van der Waals surface area contributed by atoms with Crippen LogP contribution in [0.15, 0.2) is 65.7 Å². The molecule has 3 aliphatic carbocycles. The molecule has 1 aliphatic heterocycles. The van der Waals surface area contributed by atoms with Gasteiger partial charge in [0.15, 0.2) is 0 Å². The van der Waals surface area contributed by atoms with Gasteiger partial charge in [-0.3, -0.25) is 0 Å². The normalized spacial score (nSPS) is 36.3. The summed E-state index contributed by atoms with van der Waals surface area (Å²) in [5.74, 6) is 2.26. The summed E-state index contributed by atoms with van der Waals surface area (Å²) in [5, 5.41) is 0. The van der Waals surface area contributed by atoms with Gasteiger partial charge >= 0.3 is 233 Å². The number of fused-ring (bicyclic) bond motifs is 3. The number of hydrogen-bond donors (Lipinski definition) is 0. The van der Waals surface area contributed by atoms with Crippen LogP contribution in [0.1, 0.15) is 78.1 Å². The van der Waals surface area contributed by atoms with E-state index >= 15 is 0 Å². The van der Waals surface area contributed by atoms with Crippen molar-refractivity contribution in [3.8, 4) is 5.75 Å². The number of carbonyl (C=O) groups excluding carboxylic acids is 1. The third kappa shape index (κ3) is 4.45. The summed E-state index contributed by atoms with van der Waals surface area (Å²) in [6.45, 7) is 10.2. The molecule has 4 nitrogen and oxygen atoms in total. The van der Waals surface area contributed by atoms with E-state index in [-0.39, 0.29) is 42.5 Å². The molecule has 208 valence electrons. The third-order valence-corrected chi connectivity index (χ3v) is 14.1. The Morgan fingerprint density at radius 2 is 1.74 bits per heavy atom. The minimum atomic E-state index is -0.369. The molecule has 3 fully saturated rings. The number of hydrogen-bond acceptors (Lipinski definition) is 4. The van der Waals surface area contributed by atoms with Crippen LogP contribution in [0.5, 0.6) is 5.75 Å². The number of ketones is 1. The average Bonchev–Trinajstić information content (AvgIpc) is 3.09. The summed E-state index contributed by atoms with van der Waals surface area (Å²) in [4.78, 5) is 14.4.